The maximum absolute atomic E-state index is 7.65. The summed E-state index contributed by atoms with van der Waals surface area (Å²) in [4.78, 5) is 10.1. The first-order valence-corrected chi connectivity index (χ1v) is 29.3. The molecule has 0 amide bonds. The summed E-state index contributed by atoms with van der Waals surface area (Å²) >= 11 is 1.86. The normalized spacial score (nSPS) is 13.9. The Morgan fingerprint density at radius 3 is 1.38 bits per heavy atom. The highest BCUT2D eigenvalue weighted by molar-refractivity contribution is 8.00. The third kappa shape index (κ3) is 6.88. The van der Waals surface area contributed by atoms with Crippen molar-refractivity contribution < 1.29 is 14.2 Å². The molecule has 11 aromatic rings. The van der Waals surface area contributed by atoms with Gasteiger partial charge in [0.05, 0.1) is 5.69 Å². The van der Waals surface area contributed by atoms with Crippen LogP contribution in [0.2, 0.25) is 0 Å². The van der Waals surface area contributed by atoms with Gasteiger partial charge in [0, 0.05) is 66.8 Å². The molecular formula is C72H52B3N3O3S. The Labute approximate surface area is 483 Å². The van der Waals surface area contributed by atoms with Crippen molar-refractivity contribution >= 4 is 132 Å². The molecule has 10 heteroatoms. The maximum Gasteiger partial charge on any atom is 0.260 e. The van der Waals surface area contributed by atoms with E-state index in [1.165, 1.54) is 64.9 Å². The van der Waals surface area contributed by atoms with Gasteiger partial charge in [-0.25, -0.2) is 0 Å². The van der Waals surface area contributed by atoms with Crippen LogP contribution in [0.5, 0.6) is 34.5 Å². The lowest BCUT2D eigenvalue weighted by molar-refractivity contribution is 0.467. The number of nitrogens with zero attached hydrogens (tertiary/aromatic N) is 3. The molecule has 0 unspecified atom stereocenters. The first-order valence-electron chi connectivity index (χ1n) is 28.5. The van der Waals surface area contributed by atoms with Gasteiger partial charge < -0.3 is 28.9 Å². The maximum atomic E-state index is 7.65. The summed E-state index contributed by atoms with van der Waals surface area (Å²) in [5.74, 6) is 5.20. The summed E-state index contributed by atoms with van der Waals surface area (Å²) in [6, 6.07) is 76.5. The van der Waals surface area contributed by atoms with Crippen LogP contribution in [0.1, 0.15) is 33.4 Å². The molecule has 6 heterocycles. The molecule has 17 rings (SSSR count). The number of aryl methyl sites for hydroxylation is 6. The van der Waals surface area contributed by atoms with Crippen molar-refractivity contribution in [3.8, 4) is 34.5 Å². The SMILES string of the molecule is Cc1cc(C)cc(N(c2cc(C)cc(C)c2)c2cc3c4c(c2)N(c2ccccc2C)c2cc5c6c(c2B4c2cc4c(cc2N3c2ccccc2C)Sc2cccc3c2B4c2ccccc2O3)Oc2ccccc2B6c2ccccc2O5)c1. The highest BCUT2D eigenvalue weighted by Gasteiger charge is 2.52. The fourth-order valence-electron chi connectivity index (χ4n) is 14.6. The molecule has 0 atom stereocenters. The quantitative estimate of drug-likeness (QED) is 0.159. The Hall–Kier alpha value is -9.24. The van der Waals surface area contributed by atoms with E-state index in [1.54, 1.807) is 0 Å². The van der Waals surface area contributed by atoms with Crippen molar-refractivity contribution in [2.45, 2.75) is 51.3 Å². The average Bonchev–Trinajstić information content (AvgIpc) is 3.53. The molecule has 0 saturated carbocycles. The molecule has 11 aromatic carbocycles. The number of ether oxygens (including phenoxy) is 3. The van der Waals surface area contributed by atoms with Crippen LogP contribution < -0.4 is 78.1 Å². The zero-order valence-corrected chi connectivity index (χ0v) is 47.2. The topological polar surface area (TPSA) is 37.4 Å². The van der Waals surface area contributed by atoms with E-state index in [9.17, 15) is 0 Å². The van der Waals surface area contributed by atoms with Crippen molar-refractivity contribution in [2.24, 2.45) is 0 Å². The van der Waals surface area contributed by atoms with Crippen LogP contribution in [0.4, 0.5) is 51.2 Å². The fourth-order valence-corrected chi connectivity index (χ4v) is 15.8. The Morgan fingerprint density at radius 1 is 0.317 bits per heavy atom. The number of anilines is 9. The Bertz CT molecular complexity index is 4520. The van der Waals surface area contributed by atoms with Crippen LogP contribution in [0.15, 0.2) is 216 Å². The second-order valence-corrected chi connectivity index (χ2v) is 24.2. The third-order valence-electron chi connectivity index (χ3n) is 17.8. The summed E-state index contributed by atoms with van der Waals surface area (Å²) in [5.41, 5.74) is 27.5. The van der Waals surface area contributed by atoms with Crippen molar-refractivity contribution in [3.63, 3.8) is 0 Å². The van der Waals surface area contributed by atoms with Crippen LogP contribution in [-0.4, -0.2) is 20.1 Å². The number of hydrogen-bond donors (Lipinski definition) is 0. The largest absolute Gasteiger partial charge is 0.459 e. The molecule has 0 bridgehead atoms. The van der Waals surface area contributed by atoms with E-state index in [-0.39, 0.29) is 20.1 Å². The van der Waals surface area contributed by atoms with Crippen molar-refractivity contribution in [1.29, 1.82) is 0 Å². The minimum absolute atomic E-state index is 0.0530. The monoisotopic (exact) mass is 1070 g/mol. The van der Waals surface area contributed by atoms with Gasteiger partial charge in [-0.05, 0) is 198 Å². The highest BCUT2D eigenvalue weighted by Crippen LogP contribution is 2.52. The zero-order valence-electron chi connectivity index (χ0n) is 46.3. The van der Waals surface area contributed by atoms with E-state index in [4.69, 9.17) is 14.2 Å². The summed E-state index contributed by atoms with van der Waals surface area (Å²) < 4.78 is 21.7. The van der Waals surface area contributed by atoms with Gasteiger partial charge >= 0.3 is 0 Å². The van der Waals surface area contributed by atoms with Gasteiger partial charge in [0.2, 0.25) is 0 Å². The average molecular weight is 1070 g/mol. The van der Waals surface area contributed by atoms with Crippen molar-refractivity contribution in [1.82, 2.24) is 0 Å². The van der Waals surface area contributed by atoms with E-state index < -0.39 is 0 Å². The minimum atomic E-state index is -0.314. The second-order valence-electron chi connectivity index (χ2n) is 23.2. The van der Waals surface area contributed by atoms with Crippen molar-refractivity contribution in [2.75, 3.05) is 14.7 Å². The standard InChI is InChI=1S/C72H52B3N3O3S/c1-41-30-42(2)33-47(32-41)76(48-34-43(3)31-44(4)35-48)49-36-58-68-59(37-49)78(56-24-13-8-19-46(56)6)60-39-65-71-72(81-63-27-16-11-22-52(63)73(71)50-20-9-15-26-62(50)80-65)69(60)75(68)53-38-54-67(40-57(53)77(58)55-23-12-7-18-45(55)5)82-66-29-17-28-64-70(66)74(54)51-21-10-14-25-61(51)79-64/h7-40H,1-6H3. The molecule has 0 N–H and O–H groups in total. The van der Waals surface area contributed by atoms with E-state index in [2.05, 4.69) is 262 Å². The molecule has 0 saturated heterocycles. The Morgan fingerprint density at radius 2 is 0.793 bits per heavy atom. The molecule has 0 aromatic heterocycles. The lowest BCUT2D eigenvalue weighted by Gasteiger charge is -2.47. The minimum Gasteiger partial charge on any atom is -0.459 e. The molecule has 388 valence electrons. The summed E-state index contributed by atoms with van der Waals surface area (Å²) in [5, 5.41) is 0. The number of rotatable bonds is 5. The van der Waals surface area contributed by atoms with E-state index in [0.29, 0.717) is 0 Å². The van der Waals surface area contributed by atoms with Crippen LogP contribution in [0, 0.1) is 41.5 Å². The van der Waals surface area contributed by atoms with Gasteiger partial charge in [0.15, 0.2) is 0 Å². The van der Waals surface area contributed by atoms with Crippen LogP contribution in [0.3, 0.4) is 0 Å². The number of fused-ring (bicyclic) bond motifs is 13. The second kappa shape index (κ2) is 17.6. The molecule has 6 nitrogen and oxygen atoms in total. The smallest absolute Gasteiger partial charge is 0.260 e. The van der Waals surface area contributed by atoms with E-state index in [0.717, 1.165) is 113 Å². The molecule has 6 aliphatic heterocycles. The Kier molecular flexibility index (Phi) is 10.2. The van der Waals surface area contributed by atoms with Gasteiger partial charge in [-0.15, -0.1) is 0 Å². The lowest BCUT2D eigenvalue weighted by atomic mass is 9.29. The molecule has 0 aliphatic carbocycles. The summed E-state index contributed by atoms with van der Waals surface area (Å²) in [6.07, 6.45) is 0. The predicted molar refractivity (Wildman–Crippen MR) is 343 cm³/mol. The van der Waals surface area contributed by atoms with Crippen LogP contribution in [0.25, 0.3) is 0 Å². The van der Waals surface area contributed by atoms with Gasteiger partial charge in [-0.3, -0.25) is 0 Å². The lowest BCUT2D eigenvalue weighted by Crippen LogP contribution is -2.66. The van der Waals surface area contributed by atoms with Crippen molar-refractivity contribution in [3.05, 3.63) is 240 Å². The van der Waals surface area contributed by atoms with Gasteiger partial charge in [-0.2, -0.15) is 0 Å². The Balaban J connectivity index is 1.04. The van der Waals surface area contributed by atoms with E-state index in [1.807, 2.05) is 11.8 Å². The van der Waals surface area contributed by atoms with Crippen LogP contribution in [-0.2, 0) is 0 Å². The van der Waals surface area contributed by atoms with Gasteiger partial charge in [0.1, 0.15) is 34.5 Å². The number of benzene rings is 11. The third-order valence-corrected chi connectivity index (χ3v) is 19.0. The highest BCUT2D eigenvalue weighted by atomic mass is 32.2. The molecule has 82 heavy (non-hydrogen) atoms. The molecule has 0 fully saturated rings. The molecule has 0 radical (unpaired) electrons. The summed E-state index contributed by atoms with van der Waals surface area (Å²) in [7, 11) is 0. The predicted octanol–water partition coefficient (Wildman–Crippen LogP) is 12.9. The zero-order chi connectivity index (χ0) is 54.8. The van der Waals surface area contributed by atoms with Gasteiger partial charge in [0.25, 0.3) is 20.1 Å². The van der Waals surface area contributed by atoms with Crippen LogP contribution >= 0.6 is 11.8 Å². The molecule has 6 aliphatic rings. The molecular weight excluding hydrogens is 1020 g/mol. The first kappa shape index (κ1) is 47.6. The van der Waals surface area contributed by atoms with E-state index >= 15 is 0 Å². The first-order chi connectivity index (χ1) is 40.1. The summed E-state index contributed by atoms with van der Waals surface area (Å²) in [6.45, 7) is 12.8. The number of hydrogen-bond acceptors (Lipinski definition) is 7. The number of para-hydroxylation sites is 5. The molecule has 0 spiro atoms. The fraction of sp³-hybridized carbons (Fsp3) is 0.0833. The van der Waals surface area contributed by atoms with Gasteiger partial charge in [-0.1, -0.05) is 132 Å².